The van der Waals surface area contributed by atoms with E-state index in [4.69, 9.17) is 23.7 Å². The second-order valence-electron chi connectivity index (χ2n) is 14.0. The average molecular weight is 734 g/mol. The van der Waals surface area contributed by atoms with Crippen LogP contribution in [-0.2, 0) is 27.4 Å². The number of nitrogens with one attached hydrogen (secondary N) is 1. The van der Waals surface area contributed by atoms with E-state index < -0.39 is 0 Å². The fraction of sp³-hybridized carbons (Fsp3) is 0.400. The van der Waals surface area contributed by atoms with Gasteiger partial charge in [0.25, 0.3) is 5.91 Å². The van der Waals surface area contributed by atoms with Gasteiger partial charge in [-0.15, -0.1) is 0 Å². The van der Waals surface area contributed by atoms with E-state index in [9.17, 15) is 4.79 Å². The maximum absolute atomic E-state index is 13.9. The van der Waals surface area contributed by atoms with Crippen LogP contribution < -0.4 is 24.4 Å². The number of nitrogens with zero attached hydrogens (tertiary/aromatic N) is 2. The predicted molar refractivity (Wildman–Crippen MR) is 217 cm³/mol. The molecule has 9 heteroatoms. The van der Waals surface area contributed by atoms with Crippen LogP contribution in [-0.4, -0.2) is 77.7 Å². The molecule has 3 aliphatic rings. The van der Waals surface area contributed by atoms with Crippen LogP contribution in [0.3, 0.4) is 0 Å². The summed E-state index contributed by atoms with van der Waals surface area (Å²) in [5.74, 6) is 2.30. The summed E-state index contributed by atoms with van der Waals surface area (Å²) in [5.41, 5.74) is 7.79. The van der Waals surface area contributed by atoms with Gasteiger partial charge in [-0.2, -0.15) is 0 Å². The number of ether oxygens (including phenoxy) is 5. The second-order valence-corrected chi connectivity index (χ2v) is 14.0. The molecule has 0 aliphatic carbocycles. The molecule has 4 aromatic rings. The fourth-order valence-corrected chi connectivity index (χ4v) is 7.26. The van der Waals surface area contributed by atoms with Crippen molar-refractivity contribution in [3.8, 4) is 28.4 Å². The van der Waals surface area contributed by atoms with Gasteiger partial charge in [0.15, 0.2) is 0 Å². The summed E-state index contributed by atoms with van der Waals surface area (Å²) < 4.78 is 27.7. The number of para-hydroxylation sites is 1. The minimum Gasteiger partial charge on any atom is -0.497 e. The molecule has 0 atom stereocenters. The number of fused-ring (bicyclic) bond motifs is 1. The Bertz CT molecular complexity index is 1840. The number of methoxy groups -OCH3 is 2. The van der Waals surface area contributed by atoms with E-state index in [0.29, 0.717) is 32.2 Å². The minimum absolute atomic E-state index is 0.0982. The van der Waals surface area contributed by atoms with Gasteiger partial charge in [-0.25, -0.2) is 0 Å². The Morgan fingerprint density at radius 2 is 1.63 bits per heavy atom. The van der Waals surface area contributed by atoms with E-state index >= 15 is 0 Å². The monoisotopic (exact) mass is 733 g/mol. The molecule has 0 spiro atoms. The molecule has 1 N–H and O–H groups in total. The largest absolute Gasteiger partial charge is 0.497 e. The van der Waals surface area contributed by atoms with Crippen LogP contribution in [0.15, 0.2) is 90.5 Å². The number of anilines is 2. The van der Waals surface area contributed by atoms with Crippen molar-refractivity contribution < 1.29 is 28.5 Å². The first-order chi connectivity index (χ1) is 26.4. The van der Waals surface area contributed by atoms with E-state index in [0.717, 1.165) is 102 Å². The summed E-state index contributed by atoms with van der Waals surface area (Å²) in [5, 5.41) is 3.17. The lowest BCUT2D eigenvalue weighted by Crippen LogP contribution is -2.36. The van der Waals surface area contributed by atoms with E-state index in [1.165, 1.54) is 18.4 Å². The summed E-state index contributed by atoms with van der Waals surface area (Å²) in [6.07, 6.45) is 7.30. The Balaban J connectivity index is 0.000000919. The van der Waals surface area contributed by atoms with Crippen LogP contribution in [0, 0.1) is 0 Å². The summed E-state index contributed by atoms with van der Waals surface area (Å²) >= 11 is 0. The zero-order valence-electron chi connectivity index (χ0n) is 32.3. The molecule has 7 rings (SSSR count). The Morgan fingerprint density at radius 3 is 2.33 bits per heavy atom. The number of carbonyl (C=O) groups excluding carboxylic acids is 1. The number of benzene rings is 4. The first kappa shape index (κ1) is 38.9. The molecule has 0 radical (unpaired) electrons. The van der Waals surface area contributed by atoms with Crippen LogP contribution >= 0.6 is 0 Å². The van der Waals surface area contributed by atoms with Gasteiger partial charge in [-0.05, 0) is 117 Å². The molecule has 9 nitrogen and oxygen atoms in total. The summed E-state index contributed by atoms with van der Waals surface area (Å²) in [4.78, 5) is 18.6. The zero-order chi connectivity index (χ0) is 37.7. The maximum atomic E-state index is 13.9. The van der Waals surface area contributed by atoms with Gasteiger partial charge in [0.05, 0.1) is 20.8 Å². The van der Waals surface area contributed by atoms with Crippen molar-refractivity contribution in [2.45, 2.75) is 58.2 Å². The van der Waals surface area contributed by atoms with E-state index in [1.54, 1.807) is 14.2 Å². The second kappa shape index (κ2) is 19.5. The molecule has 1 amide bonds. The Labute approximate surface area is 320 Å². The molecular weight excluding hydrogens is 679 g/mol. The predicted octanol–water partition coefficient (Wildman–Crippen LogP) is 8.61. The van der Waals surface area contributed by atoms with Gasteiger partial charge in [0, 0.05) is 80.2 Å². The number of hydrogen-bond donors (Lipinski definition) is 1. The molecule has 0 bridgehead atoms. The van der Waals surface area contributed by atoms with Gasteiger partial charge in [-0.3, -0.25) is 9.69 Å². The highest BCUT2D eigenvalue weighted by atomic mass is 16.5. The molecular formula is C45H55N3O6. The molecule has 0 aromatic heterocycles. The lowest BCUT2D eigenvalue weighted by molar-refractivity contribution is -0.112. The van der Waals surface area contributed by atoms with Crippen molar-refractivity contribution in [1.29, 1.82) is 0 Å². The van der Waals surface area contributed by atoms with Crippen molar-refractivity contribution in [3.63, 3.8) is 0 Å². The van der Waals surface area contributed by atoms with Gasteiger partial charge < -0.3 is 33.9 Å². The highest BCUT2D eigenvalue weighted by Crippen LogP contribution is 2.37. The van der Waals surface area contributed by atoms with Crippen LogP contribution in [0.4, 0.5) is 11.4 Å². The van der Waals surface area contributed by atoms with Crippen LogP contribution in [0.1, 0.15) is 55.7 Å². The van der Waals surface area contributed by atoms with Crippen LogP contribution in [0.2, 0.25) is 0 Å². The van der Waals surface area contributed by atoms with Gasteiger partial charge in [0.1, 0.15) is 17.2 Å². The number of hydrogen-bond acceptors (Lipinski definition) is 8. The molecule has 0 saturated carbocycles. The first-order valence-electron chi connectivity index (χ1n) is 19.2. The molecule has 0 unspecified atom stereocenters. The van der Waals surface area contributed by atoms with Gasteiger partial charge in [-0.1, -0.05) is 36.4 Å². The van der Waals surface area contributed by atoms with Crippen molar-refractivity contribution in [1.82, 2.24) is 4.90 Å². The maximum Gasteiger partial charge on any atom is 0.251 e. The first-order valence-corrected chi connectivity index (χ1v) is 19.2. The molecule has 54 heavy (non-hydrogen) atoms. The molecule has 3 aliphatic heterocycles. The molecule has 4 aromatic carbocycles. The molecule has 2 fully saturated rings. The van der Waals surface area contributed by atoms with Gasteiger partial charge in [0.2, 0.25) is 0 Å². The van der Waals surface area contributed by atoms with Crippen LogP contribution in [0.25, 0.3) is 17.2 Å². The lowest BCUT2D eigenvalue weighted by atomic mass is 9.99. The van der Waals surface area contributed by atoms with E-state index in [1.807, 2.05) is 61.5 Å². The molecule has 286 valence electrons. The third kappa shape index (κ3) is 10.2. The quantitative estimate of drug-likeness (QED) is 0.155. The summed E-state index contributed by atoms with van der Waals surface area (Å²) in [6, 6.07) is 29.1. The minimum atomic E-state index is -0.0982. The van der Waals surface area contributed by atoms with Crippen molar-refractivity contribution in [2.24, 2.45) is 0 Å². The normalized spacial score (nSPS) is 15.7. The third-order valence-corrected chi connectivity index (χ3v) is 10.3. The van der Waals surface area contributed by atoms with Crippen molar-refractivity contribution in [2.75, 3.05) is 71.1 Å². The fourth-order valence-electron chi connectivity index (χ4n) is 7.26. The number of amides is 1. The highest BCUT2D eigenvalue weighted by molar-refractivity contribution is 6.07. The van der Waals surface area contributed by atoms with Crippen molar-refractivity contribution >= 4 is 23.4 Å². The molecule has 2 saturated heterocycles. The van der Waals surface area contributed by atoms with E-state index in [-0.39, 0.29) is 5.91 Å². The Hall–Kier alpha value is -4.83. The smallest absolute Gasteiger partial charge is 0.251 e. The Kier molecular flexibility index (Phi) is 14.0. The standard InChI is InChI=1S/C41H47N3O5.C4H8O/c1-5-49-40-9-7-6-8-37(40)30-12-16-38-32(24-30)25-31(18-21-44(38)28-33-26-36(46-3)15-17-39(33)47-4)41(45)42-34-13-10-29(11-14-34)27-43(2)35-19-22-48-23-20-35;1-2-4-5-3-1/h6-17,24-26,35H,5,18-23,27-28H2,1-4H3,(H,42,45);1-4H2. The van der Waals surface area contributed by atoms with Crippen LogP contribution in [0.5, 0.6) is 17.2 Å². The van der Waals surface area contributed by atoms with Crippen molar-refractivity contribution in [3.05, 3.63) is 107 Å². The lowest BCUT2D eigenvalue weighted by Gasteiger charge is -2.31. The highest BCUT2D eigenvalue weighted by Gasteiger charge is 2.23. The van der Waals surface area contributed by atoms with Gasteiger partial charge >= 0.3 is 0 Å². The number of rotatable bonds is 12. The zero-order valence-corrected chi connectivity index (χ0v) is 32.3. The third-order valence-electron chi connectivity index (χ3n) is 10.3. The summed E-state index contributed by atoms with van der Waals surface area (Å²) in [6.45, 7) is 8.34. The molecule has 3 heterocycles. The average Bonchev–Trinajstić information content (AvgIpc) is 3.75. The topological polar surface area (TPSA) is 81.7 Å². The SMILES string of the molecule is C1CCOC1.CCOc1ccccc1-c1ccc2c(c1)C=C(C(=O)Nc1ccc(CN(C)C3CCOCC3)cc1)CCN2Cc1cc(OC)ccc1OC. The summed E-state index contributed by atoms with van der Waals surface area (Å²) in [7, 11) is 5.53. The Morgan fingerprint density at radius 1 is 0.870 bits per heavy atom. The van der Waals surface area contributed by atoms with E-state index in [2.05, 4.69) is 58.6 Å². The number of carbonyl (C=O) groups is 1.